The van der Waals surface area contributed by atoms with Gasteiger partial charge in [0.05, 0.1) is 0 Å². The number of fused-ring (bicyclic) bond motifs is 3. The molecule has 2 unspecified atom stereocenters. The quantitative estimate of drug-likeness (QED) is 0.620. The molecule has 2 amide bonds. The predicted molar refractivity (Wildman–Crippen MR) is 132 cm³/mol. The van der Waals surface area contributed by atoms with Crippen LogP contribution in [-0.4, -0.2) is 64.7 Å². The van der Waals surface area contributed by atoms with E-state index in [4.69, 9.17) is 4.74 Å². The normalized spacial score (nSPS) is 19.0. The molecule has 2 aromatic carbocycles. The number of benzene rings is 2. The lowest BCUT2D eigenvalue weighted by atomic mass is 9.97. The lowest BCUT2D eigenvalue weighted by Gasteiger charge is -2.36. The van der Waals surface area contributed by atoms with Crippen LogP contribution in [0.2, 0.25) is 0 Å². The Hall–Kier alpha value is -3.00. The largest absolute Gasteiger partial charge is 0.480 e. The molecule has 1 heterocycles. The maximum absolute atomic E-state index is 13.3. The lowest BCUT2D eigenvalue weighted by Crippen LogP contribution is -2.58. The highest BCUT2D eigenvalue weighted by atomic mass is 32.2. The monoisotopic (exact) mass is 482 g/mol. The van der Waals surface area contributed by atoms with Crippen LogP contribution >= 0.6 is 11.8 Å². The van der Waals surface area contributed by atoms with Gasteiger partial charge in [-0.3, -0.25) is 4.79 Å². The average Bonchev–Trinajstić information content (AvgIpc) is 3.18. The topological polar surface area (TPSA) is 95.9 Å². The molecule has 0 saturated carbocycles. The number of rotatable bonds is 7. The number of amides is 2. The van der Waals surface area contributed by atoms with Gasteiger partial charge in [-0.2, -0.15) is 11.8 Å². The standard InChI is InChI=1S/C26H30N2O5S/c1-3-16(2)23(24(29)28-12-13-34-15-22(28)25(30)31)27-26(32)33-14-21-19-10-6-4-8-17(19)18-9-5-7-11-20(18)21/h4-11,16,21-23H,3,12-15H2,1-2H3,(H,27,32)(H,30,31)/t16?,22?,23-/m0/s1. The molecule has 1 fully saturated rings. The first-order valence-electron chi connectivity index (χ1n) is 11.6. The Morgan fingerprint density at radius 3 is 2.32 bits per heavy atom. The molecule has 0 bridgehead atoms. The van der Waals surface area contributed by atoms with Crippen LogP contribution in [0.1, 0.15) is 37.3 Å². The fourth-order valence-electron chi connectivity index (χ4n) is 4.70. The zero-order valence-corrected chi connectivity index (χ0v) is 20.2. The summed E-state index contributed by atoms with van der Waals surface area (Å²) in [5, 5.41) is 12.3. The van der Waals surface area contributed by atoms with Crippen LogP contribution in [-0.2, 0) is 14.3 Å². The molecule has 2 aromatic rings. The first kappa shape index (κ1) is 24.1. The second kappa shape index (κ2) is 10.5. The van der Waals surface area contributed by atoms with Gasteiger partial charge in [0.1, 0.15) is 18.7 Å². The molecule has 1 aliphatic carbocycles. The van der Waals surface area contributed by atoms with Crippen LogP contribution in [0.15, 0.2) is 48.5 Å². The molecule has 1 saturated heterocycles. The third-order valence-corrected chi connectivity index (χ3v) is 7.82. The van der Waals surface area contributed by atoms with E-state index in [1.54, 1.807) is 0 Å². The van der Waals surface area contributed by atoms with Crippen LogP contribution in [0.4, 0.5) is 4.79 Å². The smallest absolute Gasteiger partial charge is 0.407 e. The van der Waals surface area contributed by atoms with Crippen LogP contribution in [0.25, 0.3) is 11.1 Å². The van der Waals surface area contributed by atoms with Gasteiger partial charge in [-0.15, -0.1) is 0 Å². The van der Waals surface area contributed by atoms with Crippen molar-refractivity contribution in [1.82, 2.24) is 10.2 Å². The molecule has 34 heavy (non-hydrogen) atoms. The van der Waals surface area contributed by atoms with Crippen molar-refractivity contribution in [2.75, 3.05) is 24.7 Å². The molecule has 2 aliphatic rings. The molecule has 1 aliphatic heterocycles. The molecule has 4 rings (SSSR count). The van der Waals surface area contributed by atoms with Crippen LogP contribution < -0.4 is 5.32 Å². The van der Waals surface area contributed by atoms with Gasteiger partial charge < -0.3 is 20.1 Å². The molecule has 180 valence electrons. The van der Waals surface area contributed by atoms with E-state index in [2.05, 4.69) is 17.4 Å². The van der Waals surface area contributed by atoms with Crippen molar-refractivity contribution < 1.29 is 24.2 Å². The van der Waals surface area contributed by atoms with Crippen molar-refractivity contribution in [3.05, 3.63) is 59.7 Å². The maximum Gasteiger partial charge on any atom is 0.407 e. The summed E-state index contributed by atoms with van der Waals surface area (Å²) in [7, 11) is 0. The molecule has 7 nitrogen and oxygen atoms in total. The molecule has 2 N–H and O–H groups in total. The molecular weight excluding hydrogens is 452 g/mol. The molecule has 0 aromatic heterocycles. The Morgan fingerprint density at radius 1 is 1.12 bits per heavy atom. The van der Waals surface area contributed by atoms with Gasteiger partial charge in [0, 0.05) is 24.0 Å². The summed E-state index contributed by atoms with van der Waals surface area (Å²) in [6, 6.07) is 14.5. The number of nitrogens with one attached hydrogen (secondary N) is 1. The van der Waals surface area contributed by atoms with Crippen molar-refractivity contribution in [3.63, 3.8) is 0 Å². The number of ether oxygens (including phenoxy) is 1. The predicted octanol–water partition coefficient (Wildman–Crippen LogP) is 3.97. The van der Waals surface area contributed by atoms with Crippen molar-refractivity contribution in [2.45, 2.75) is 38.3 Å². The highest BCUT2D eigenvalue weighted by molar-refractivity contribution is 7.99. The fourth-order valence-corrected chi connectivity index (χ4v) is 5.74. The first-order valence-corrected chi connectivity index (χ1v) is 12.8. The number of hydrogen-bond donors (Lipinski definition) is 2. The van der Waals surface area contributed by atoms with E-state index >= 15 is 0 Å². The van der Waals surface area contributed by atoms with E-state index < -0.39 is 24.1 Å². The number of aliphatic carboxylic acids is 1. The summed E-state index contributed by atoms with van der Waals surface area (Å²) < 4.78 is 5.64. The number of nitrogens with zero attached hydrogens (tertiary/aromatic N) is 1. The SMILES string of the molecule is CCC(C)[C@H](NC(=O)OCC1c2ccccc2-c2ccccc21)C(=O)N1CCSCC1C(=O)O. The number of carbonyl (C=O) groups is 3. The summed E-state index contributed by atoms with van der Waals surface area (Å²) in [5.41, 5.74) is 4.51. The summed E-state index contributed by atoms with van der Waals surface area (Å²) in [4.78, 5) is 39.2. The van der Waals surface area contributed by atoms with E-state index in [0.29, 0.717) is 24.5 Å². The van der Waals surface area contributed by atoms with Crippen LogP contribution in [0.3, 0.4) is 0 Å². The summed E-state index contributed by atoms with van der Waals surface area (Å²) >= 11 is 1.52. The Bertz CT molecular complexity index is 1030. The van der Waals surface area contributed by atoms with Crippen molar-refractivity contribution in [1.29, 1.82) is 0 Å². The minimum absolute atomic E-state index is 0.0774. The summed E-state index contributed by atoms with van der Waals surface area (Å²) in [5.74, 6) is -0.615. The van der Waals surface area contributed by atoms with E-state index in [9.17, 15) is 19.5 Å². The highest BCUT2D eigenvalue weighted by Crippen LogP contribution is 2.44. The van der Waals surface area contributed by atoms with Gasteiger partial charge in [0.25, 0.3) is 0 Å². The van der Waals surface area contributed by atoms with Gasteiger partial charge in [-0.1, -0.05) is 68.8 Å². The van der Waals surface area contributed by atoms with Crippen LogP contribution in [0, 0.1) is 5.92 Å². The van der Waals surface area contributed by atoms with Crippen molar-refractivity contribution in [2.24, 2.45) is 5.92 Å². The zero-order valence-electron chi connectivity index (χ0n) is 19.4. The number of carboxylic acids is 1. The molecule has 3 atom stereocenters. The van der Waals surface area contributed by atoms with Crippen LogP contribution in [0.5, 0.6) is 0 Å². The number of hydrogen-bond acceptors (Lipinski definition) is 5. The number of thioether (sulfide) groups is 1. The van der Waals surface area contributed by atoms with Gasteiger partial charge in [-0.25, -0.2) is 9.59 Å². The molecule has 0 spiro atoms. The lowest BCUT2D eigenvalue weighted by molar-refractivity contribution is -0.150. The second-order valence-electron chi connectivity index (χ2n) is 8.79. The van der Waals surface area contributed by atoms with Gasteiger partial charge in [-0.05, 0) is 28.2 Å². The summed E-state index contributed by atoms with van der Waals surface area (Å²) in [6.45, 7) is 4.31. The summed E-state index contributed by atoms with van der Waals surface area (Å²) in [6.07, 6.45) is -0.0146. The molecule has 8 heteroatoms. The Morgan fingerprint density at radius 2 is 1.74 bits per heavy atom. The van der Waals surface area contributed by atoms with Gasteiger partial charge in [0.15, 0.2) is 0 Å². The minimum atomic E-state index is -1.02. The third-order valence-electron chi connectivity index (χ3n) is 6.79. The third kappa shape index (κ3) is 4.78. The van der Waals surface area contributed by atoms with E-state index in [1.165, 1.54) is 16.7 Å². The van der Waals surface area contributed by atoms with Crippen molar-refractivity contribution >= 4 is 29.7 Å². The van der Waals surface area contributed by atoms with E-state index in [0.717, 1.165) is 22.3 Å². The Kier molecular flexibility index (Phi) is 7.46. The number of alkyl carbamates (subject to hydrolysis) is 1. The Balaban J connectivity index is 1.46. The van der Waals surface area contributed by atoms with Gasteiger partial charge in [0.2, 0.25) is 5.91 Å². The van der Waals surface area contributed by atoms with Crippen molar-refractivity contribution in [3.8, 4) is 11.1 Å². The second-order valence-corrected chi connectivity index (χ2v) is 9.94. The first-order chi connectivity index (χ1) is 16.4. The molecule has 0 radical (unpaired) electrons. The number of carbonyl (C=O) groups excluding carboxylic acids is 2. The Labute approximate surface area is 203 Å². The zero-order chi connectivity index (χ0) is 24.2. The number of carboxylic acid groups (broad SMARTS) is 1. The maximum atomic E-state index is 13.3. The van der Waals surface area contributed by atoms with Gasteiger partial charge >= 0.3 is 12.1 Å². The fraction of sp³-hybridized carbons (Fsp3) is 0.423. The highest BCUT2D eigenvalue weighted by Gasteiger charge is 2.38. The minimum Gasteiger partial charge on any atom is -0.480 e. The molecular formula is C26H30N2O5S. The van der Waals surface area contributed by atoms with E-state index in [-0.39, 0.29) is 24.3 Å². The average molecular weight is 483 g/mol. The van der Waals surface area contributed by atoms with E-state index in [1.807, 2.05) is 50.2 Å².